The van der Waals surface area contributed by atoms with Crippen LogP contribution in [0.1, 0.15) is 11.3 Å². The summed E-state index contributed by atoms with van der Waals surface area (Å²) in [5.41, 5.74) is 2.09. The monoisotopic (exact) mass is 405 g/mol. The third-order valence-corrected chi connectivity index (χ3v) is 5.34. The van der Waals surface area contributed by atoms with E-state index in [1.165, 1.54) is 17.0 Å². The highest BCUT2D eigenvalue weighted by molar-refractivity contribution is 8.18. The van der Waals surface area contributed by atoms with E-state index in [9.17, 15) is 19.7 Å². The van der Waals surface area contributed by atoms with Crippen molar-refractivity contribution in [1.82, 2.24) is 9.47 Å². The number of benzene rings is 2. The third-order valence-electron chi connectivity index (χ3n) is 4.44. The summed E-state index contributed by atoms with van der Waals surface area (Å²) < 4.78 is 1.73. The number of thioether (sulfide) groups is 1. The second kappa shape index (κ2) is 7.76. The van der Waals surface area contributed by atoms with E-state index in [2.05, 4.69) is 0 Å². The highest BCUT2D eigenvalue weighted by Gasteiger charge is 2.35. The maximum Gasteiger partial charge on any atom is 0.293 e. The molecule has 1 aromatic heterocycles. The molecule has 2 heterocycles. The van der Waals surface area contributed by atoms with Crippen molar-refractivity contribution in [2.45, 2.75) is 6.54 Å². The van der Waals surface area contributed by atoms with Crippen molar-refractivity contribution in [2.75, 3.05) is 0 Å². The van der Waals surface area contributed by atoms with E-state index in [4.69, 9.17) is 0 Å². The Hall–Kier alpha value is -3.65. The van der Waals surface area contributed by atoms with E-state index < -0.39 is 4.92 Å². The molecular formula is C21H15N3O4S. The molecule has 4 rings (SSSR count). The average Bonchev–Trinajstić information content (AvgIpc) is 3.29. The van der Waals surface area contributed by atoms with Crippen LogP contribution in [0.2, 0.25) is 0 Å². The molecule has 3 aromatic rings. The van der Waals surface area contributed by atoms with Crippen molar-refractivity contribution >= 4 is 34.7 Å². The normalized spacial score (nSPS) is 15.3. The summed E-state index contributed by atoms with van der Waals surface area (Å²) in [6, 6.07) is 19.1. The number of nitro benzene ring substituents is 1. The highest BCUT2D eigenvalue weighted by Crippen LogP contribution is 2.33. The van der Waals surface area contributed by atoms with Gasteiger partial charge in [0.1, 0.15) is 0 Å². The fourth-order valence-electron chi connectivity index (χ4n) is 3.04. The minimum Gasteiger partial charge on any atom is -0.317 e. The van der Waals surface area contributed by atoms with Gasteiger partial charge in [0.2, 0.25) is 0 Å². The molecule has 0 aliphatic carbocycles. The van der Waals surface area contributed by atoms with E-state index in [1.54, 1.807) is 41.1 Å². The van der Waals surface area contributed by atoms with Gasteiger partial charge < -0.3 is 4.57 Å². The van der Waals surface area contributed by atoms with Crippen LogP contribution in [0.4, 0.5) is 10.5 Å². The Morgan fingerprint density at radius 1 is 1.00 bits per heavy atom. The molecule has 0 bridgehead atoms. The van der Waals surface area contributed by atoms with Gasteiger partial charge >= 0.3 is 0 Å². The summed E-state index contributed by atoms with van der Waals surface area (Å²) in [6.07, 6.45) is 3.38. The summed E-state index contributed by atoms with van der Waals surface area (Å²) in [5.74, 6) is -0.351. The molecule has 0 unspecified atom stereocenters. The number of hydrogen-bond donors (Lipinski definition) is 0. The van der Waals surface area contributed by atoms with Crippen molar-refractivity contribution < 1.29 is 14.5 Å². The van der Waals surface area contributed by atoms with E-state index >= 15 is 0 Å². The lowest BCUT2D eigenvalue weighted by Crippen LogP contribution is -2.27. The highest BCUT2D eigenvalue weighted by atomic mass is 32.2. The quantitative estimate of drug-likeness (QED) is 0.351. The molecule has 29 heavy (non-hydrogen) atoms. The number of rotatable bonds is 5. The predicted molar refractivity (Wildman–Crippen MR) is 110 cm³/mol. The first-order valence-corrected chi connectivity index (χ1v) is 9.56. The van der Waals surface area contributed by atoms with E-state index in [0.717, 1.165) is 17.3 Å². The first kappa shape index (κ1) is 18.7. The largest absolute Gasteiger partial charge is 0.317 e. The smallest absolute Gasteiger partial charge is 0.293 e. The van der Waals surface area contributed by atoms with Crippen molar-refractivity contribution in [1.29, 1.82) is 0 Å². The van der Waals surface area contributed by atoms with Crippen molar-refractivity contribution in [3.8, 4) is 5.69 Å². The summed E-state index contributed by atoms with van der Waals surface area (Å²) in [4.78, 5) is 37.2. The van der Waals surface area contributed by atoms with Gasteiger partial charge in [-0.2, -0.15) is 0 Å². The number of nitro groups is 1. The van der Waals surface area contributed by atoms with E-state index in [0.29, 0.717) is 16.3 Å². The number of hydrogen-bond acceptors (Lipinski definition) is 5. The zero-order chi connectivity index (χ0) is 20.4. The zero-order valence-corrected chi connectivity index (χ0v) is 15.9. The maximum atomic E-state index is 12.8. The lowest BCUT2D eigenvalue weighted by molar-refractivity contribution is -0.384. The van der Waals surface area contributed by atoms with E-state index in [-0.39, 0.29) is 23.4 Å². The topological polar surface area (TPSA) is 85.5 Å². The van der Waals surface area contributed by atoms with Gasteiger partial charge in [-0.3, -0.25) is 24.6 Å². The number of carbonyl (C=O) groups is 2. The molecule has 1 aliphatic heterocycles. The van der Waals surface area contributed by atoms with Gasteiger partial charge in [0, 0.05) is 24.0 Å². The first-order chi connectivity index (χ1) is 14.0. The summed E-state index contributed by atoms with van der Waals surface area (Å²) in [6.45, 7) is 0.217. The molecular weight excluding hydrogens is 390 g/mol. The number of carbonyl (C=O) groups excluding carboxylic acids is 2. The molecule has 8 heteroatoms. The number of aromatic nitrogens is 1. The van der Waals surface area contributed by atoms with Crippen LogP contribution in [0.5, 0.6) is 0 Å². The van der Waals surface area contributed by atoms with Gasteiger partial charge in [-0.1, -0.05) is 36.4 Å². The average molecular weight is 405 g/mol. The van der Waals surface area contributed by atoms with Crippen LogP contribution in [0.25, 0.3) is 11.8 Å². The van der Waals surface area contributed by atoms with E-state index in [1.807, 2.05) is 30.3 Å². The molecule has 0 spiro atoms. The molecule has 2 aromatic carbocycles. The van der Waals surface area contributed by atoms with Gasteiger partial charge in [-0.05, 0) is 41.6 Å². The van der Waals surface area contributed by atoms with Crippen LogP contribution in [0, 0.1) is 10.1 Å². The molecule has 1 saturated heterocycles. The predicted octanol–water partition coefficient (Wildman–Crippen LogP) is 4.62. The van der Waals surface area contributed by atoms with Gasteiger partial charge in [0.15, 0.2) is 0 Å². The van der Waals surface area contributed by atoms with Crippen LogP contribution in [-0.4, -0.2) is 25.5 Å². The fourth-order valence-corrected chi connectivity index (χ4v) is 3.86. The summed E-state index contributed by atoms with van der Waals surface area (Å²) >= 11 is 0.888. The molecule has 0 saturated carbocycles. The van der Waals surface area contributed by atoms with Gasteiger partial charge in [0.25, 0.3) is 16.8 Å². The fraction of sp³-hybridized carbons (Fsp3) is 0.0476. The Morgan fingerprint density at radius 2 is 1.79 bits per heavy atom. The molecule has 7 nitrogen and oxygen atoms in total. The SMILES string of the molecule is O=C1S/C(=C\c2cccn2-c2cccc([N+](=O)[O-])c2)C(=O)N1Cc1ccccc1. The van der Waals surface area contributed by atoms with Gasteiger partial charge in [-0.25, -0.2) is 0 Å². The van der Waals surface area contributed by atoms with Crippen LogP contribution in [0.15, 0.2) is 77.8 Å². The summed E-state index contributed by atoms with van der Waals surface area (Å²) in [5, 5.41) is 10.7. The molecule has 0 atom stereocenters. The van der Waals surface area contributed by atoms with Crippen molar-refractivity contribution in [2.24, 2.45) is 0 Å². The Balaban J connectivity index is 1.62. The Morgan fingerprint density at radius 3 is 2.55 bits per heavy atom. The van der Waals surface area contributed by atoms with Gasteiger partial charge in [0.05, 0.1) is 22.1 Å². The molecule has 0 radical (unpaired) electrons. The first-order valence-electron chi connectivity index (χ1n) is 8.74. The Kier molecular flexibility index (Phi) is 5.01. The molecule has 0 N–H and O–H groups in total. The Bertz CT molecular complexity index is 1140. The maximum absolute atomic E-state index is 12.8. The lowest BCUT2D eigenvalue weighted by Gasteiger charge is -2.12. The number of imide groups is 1. The molecule has 1 aliphatic rings. The van der Waals surface area contributed by atoms with Crippen molar-refractivity contribution in [3.63, 3.8) is 0 Å². The summed E-state index contributed by atoms with van der Waals surface area (Å²) in [7, 11) is 0. The minimum absolute atomic E-state index is 0.0228. The van der Waals surface area contributed by atoms with Crippen LogP contribution >= 0.6 is 11.8 Å². The molecule has 2 amide bonds. The van der Waals surface area contributed by atoms with Crippen LogP contribution in [0.3, 0.4) is 0 Å². The second-order valence-electron chi connectivity index (χ2n) is 6.33. The zero-order valence-electron chi connectivity index (χ0n) is 15.1. The van der Waals surface area contributed by atoms with Crippen molar-refractivity contribution in [3.05, 3.63) is 99.2 Å². The third kappa shape index (κ3) is 3.83. The number of nitrogens with zero attached hydrogens (tertiary/aromatic N) is 3. The van der Waals surface area contributed by atoms with Crippen LogP contribution < -0.4 is 0 Å². The number of non-ortho nitro benzene ring substituents is 1. The number of amides is 2. The lowest BCUT2D eigenvalue weighted by atomic mass is 10.2. The second-order valence-corrected chi connectivity index (χ2v) is 7.33. The minimum atomic E-state index is -0.457. The van der Waals surface area contributed by atoms with Gasteiger partial charge in [-0.15, -0.1) is 0 Å². The standard InChI is InChI=1S/C21H15N3O4S/c25-20-19(29-21(26)23(20)14-15-6-2-1-3-7-15)13-17-10-5-11-22(17)16-8-4-9-18(12-16)24(27)28/h1-13H,14H2/b19-13-. The van der Waals surface area contributed by atoms with Crippen LogP contribution in [-0.2, 0) is 11.3 Å². The molecule has 1 fully saturated rings. The molecule has 144 valence electrons. The Labute approximate surface area is 170 Å².